The molecule has 0 spiro atoms. The van der Waals surface area contributed by atoms with E-state index in [-0.39, 0.29) is 5.41 Å². The lowest BCUT2D eigenvalue weighted by Gasteiger charge is -2.27. The van der Waals surface area contributed by atoms with Crippen molar-refractivity contribution < 1.29 is 0 Å². The Kier molecular flexibility index (Phi) is 3.81. The van der Waals surface area contributed by atoms with Crippen LogP contribution in [0.3, 0.4) is 0 Å². The number of rotatable bonds is 4. The Morgan fingerprint density at radius 1 is 1.10 bits per heavy atom. The van der Waals surface area contributed by atoms with E-state index in [0.29, 0.717) is 6.54 Å². The number of nitrogens with two attached hydrogens (primary N) is 1. The van der Waals surface area contributed by atoms with Gasteiger partial charge in [0.1, 0.15) is 0 Å². The maximum Gasteiger partial charge on any atom is 0.0491 e. The van der Waals surface area contributed by atoms with Crippen LogP contribution in [0.25, 0.3) is 0 Å². The molecule has 1 aliphatic heterocycles. The number of aromatic nitrogens is 1. The SMILES string of the molecule is NCC1(c2ccccn2)CCN(Cc2ccccc2)C1. The zero-order chi connectivity index (χ0) is 13.8. The van der Waals surface area contributed by atoms with Gasteiger partial charge in [0, 0.05) is 36.9 Å². The fourth-order valence-electron chi connectivity index (χ4n) is 3.09. The number of likely N-dealkylation sites (tertiary alicyclic amines) is 1. The first-order valence-electron chi connectivity index (χ1n) is 7.20. The van der Waals surface area contributed by atoms with Crippen molar-refractivity contribution in [1.82, 2.24) is 9.88 Å². The minimum atomic E-state index is 0.0238. The molecule has 2 aromatic rings. The molecule has 3 nitrogen and oxygen atoms in total. The second kappa shape index (κ2) is 5.73. The van der Waals surface area contributed by atoms with Gasteiger partial charge in [0.25, 0.3) is 0 Å². The molecule has 1 atom stereocenters. The van der Waals surface area contributed by atoms with E-state index in [4.69, 9.17) is 5.73 Å². The molecule has 1 aliphatic rings. The molecule has 0 amide bonds. The lowest BCUT2D eigenvalue weighted by Crippen LogP contribution is -2.38. The second-order valence-electron chi connectivity index (χ2n) is 5.65. The van der Waals surface area contributed by atoms with E-state index >= 15 is 0 Å². The van der Waals surface area contributed by atoms with E-state index in [2.05, 4.69) is 52.3 Å². The minimum absolute atomic E-state index is 0.0238. The van der Waals surface area contributed by atoms with Crippen molar-refractivity contribution in [3.05, 3.63) is 66.0 Å². The first-order valence-corrected chi connectivity index (χ1v) is 7.20. The van der Waals surface area contributed by atoms with Gasteiger partial charge in [0.15, 0.2) is 0 Å². The Labute approximate surface area is 120 Å². The van der Waals surface area contributed by atoms with Gasteiger partial charge in [-0.1, -0.05) is 36.4 Å². The first-order chi connectivity index (χ1) is 9.82. The topological polar surface area (TPSA) is 42.1 Å². The molecule has 0 aliphatic carbocycles. The summed E-state index contributed by atoms with van der Waals surface area (Å²) in [5.74, 6) is 0. The van der Waals surface area contributed by atoms with Crippen LogP contribution in [0, 0.1) is 0 Å². The zero-order valence-corrected chi connectivity index (χ0v) is 11.7. The van der Waals surface area contributed by atoms with E-state index in [1.807, 2.05) is 12.3 Å². The third-order valence-corrected chi connectivity index (χ3v) is 4.28. The maximum atomic E-state index is 6.09. The fourth-order valence-corrected chi connectivity index (χ4v) is 3.09. The van der Waals surface area contributed by atoms with E-state index in [9.17, 15) is 0 Å². The van der Waals surface area contributed by atoms with Crippen molar-refractivity contribution in [2.45, 2.75) is 18.4 Å². The highest BCUT2D eigenvalue weighted by atomic mass is 15.2. The lowest BCUT2D eigenvalue weighted by molar-refractivity contribution is 0.302. The molecule has 1 fully saturated rings. The summed E-state index contributed by atoms with van der Waals surface area (Å²) in [6, 6.07) is 16.8. The molecule has 1 unspecified atom stereocenters. The predicted molar refractivity (Wildman–Crippen MR) is 81.3 cm³/mol. The third kappa shape index (κ3) is 2.60. The summed E-state index contributed by atoms with van der Waals surface area (Å²) < 4.78 is 0. The van der Waals surface area contributed by atoms with Gasteiger partial charge in [0.2, 0.25) is 0 Å². The van der Waals surface area contributed by atoms with Crippen LogP contribution in [-0.2, 0) is 12.0 Å². The number of benzene rings is 1. The van der Waals surface area contributed by atoms with Crippen LogP contribution in [0.15, 0.2) is 54.7 Å². The van der Waals surface area contributed by atoms with Crippen LogP contribution >= 0.6 is 0 Å². The van der Waals surface area contributed by atoms with Gasteiger partial charge in [-0.2, -0.15) is 0 Å². The van der Waals surface area contributed by atoms with Gasteiger partial charge >= 0.3 is 0 Å². The van der Waals surface area contributed by atoms with Crippen LogP contribution in [0.4, 0.5) is 0 Å². The third-order valence-electron chi connectivity index (χ3n) is 4.28. The Morgan fingerprint density at radius 3 is 2.60 bits per heavy atom. The van der Waals surface area contributed by atoms with Crippen LogP contribution in [0.2, 0.25) is 0 Å². The highest BCUT2D eigenvalue weighted by Crippen LogP contribution is 2.33. The zero-order valence-electron chi connectivity index (χ0n) is 11.7. The summed E-state index contributed by atoms with van der Waals surface area (Å²) in [6.07, 6.45) is 2.96. The number of nitrogens with zero attached hydrogens (tertiary/aromatic N) is 2. The number of hydrogen-bond acceptors (Lipinski definition) is 3. The second-order valence-corrected chi connectivity index (χ2v) is 5.65. The molecule has 2 N–H and O–H groups in total. The molecule has 1 aromatic heterocycles. The van der Waals surface area contributed by atoms with Crippen LogP contribution in [-0.4, -0.2) is 29.5 Å². The first kappa shape index (κ1) is 13.3. The van der Waals surface area contributed by atoms with Crippen LogP contribution in [0.1, 0.15) is 17.7 Å². The van der Waals surface area contributed by atoms with Crippen LogP contribution in [0.5, 0.6) is 0 Å². The molecular formula is C17H21N3. The van der Waals surface area contributed by atoms with E-state index in [1.165, 1.54) is 5.56 Å². The molecule has 3 rings (SSSR count). The summed E-state index contributed by atoms with van der Waals surface area (Å²) in [4.78, 5) is 7.02. The fraction of sp³-hybridized carbons (Fsp3) is 0.353. The summed E-state index contributed by atoms with van der Waals surface area (Å²) in [5.41, 5.74) is 8.61. The number of hydrogen-bond donors (Lipinski definition) is 1. The molecule has 1 aromatic carbocycles. The van der Waals surface area contributed by atoms with Gasteiger partial charge in [-0.25, -0.2) is 0 Å². The summed E-state index contributed by atoms with van der Waals surface area (Å²) in [5, 5.41) is 0. The van der Waals surface area contributed by atoms with Gasteiger partial charge < -0.3 is 5.73 Å². The Hall–Kier alpha value is -1.71. The number of pyridine rings is 1. The van der Waals surface area contributed by atoms with Crippen molar-refractivity contribution in [1.29, 1.82) is 0 Å². The van der Waals surface area contributed by atoms with E-state index in [1.54, 1.807) is 0 Å². The van der Waals surface area contributed by atoms with Crippen molar-refractivity contribution >= 4 is 0 Å². The maximum absolute atomic E-state index is 6.09. The molecule has 0 radical (unpaired) electrons. The lowest BCUT2D eigenvalue weighted by atomic mass is 9.83. The molecule has 2 heterocycles. The average Bonchev–Trinajstić information content (AvgIpc) is 2.94. The van der Waals surface area contributed by atoms with Crippen molar-refractivity contribution in [3.8, 4) is 0 Å². The summed E-state index contributed by atoms with van der Waals surface area (Å²) in [6.45, 7) is 3.74. The summed E-state index contributed by atoms with van der Waals surface area (Å²) in [7, 11) is 0. The van der Waals surface area contributed by atoms with Crippen molar-refractivity contribution in [2.24, 2.45) is 5.73 Å². The Bertz CT molecular complexity index is 541. The monoisotopic (exact) mass is 267 g/mol. The highest BCUT2D eigenvalue weighted by Gasteiger charge is 2.39. The van der Waals surface area contributed by atoms with E-state index in [0.717, 1.165) is 31.7 Å². The van der Waals surface area contributed by atoms with Gasteiger partial charge in [-0.15, -0.1) is 0 Å². The van der Waals surface area contributed by atoms with Crippen molar-refractivity contribution in [2.75, 3.05) is 19.6 Å². The largest absolute Gasteiger partial charge is 0.329 e. The molecule has 0 bridgehead atoms. The molecule has 0 saturated carbocycles. The molecule has 20 heavy (non-hydrogen) atoms. The Balaban J connectivity index is 1.74. The molecular weight excluding hydrogens is 246 g/mol. The molecule has 1 saturated heterocycles. The van der Waals surface area contributed by atoms with Gasteiger partial charge in [-0.05, 0) is 30.7 Å². The minimum Gasteiger partial charge on any atom is -0.329 e. The van der Waals surface area contributed by atoms with E-state index < -0.39 is 0 Å². The smallest absolute Gasteiger partial charge is 0.0491 e. The quantitative estimate of drug-likeness (QED) is 0.923. The highest BCUT2D eigenvalue weighted by molar-refractivity contribution is 5.22. The van der Waals surface area contributed by atoms with Gasteiger partial charge in [0.05, 0.1) is 0 Å². The Morgan fingerprint density at radius 2 is 1.90 bits per heavy atom. The molecule has 104 valence electrons. The predicted octanol–water partition coefficient (Wildman–Crippen LogP) is 2.18. The standard InChI is InChI=1S/C17H21N3/c18-13-17(16-8-4-5-10-19-16)9-11-20(14-17)12-15-6-2-1-3-7-15/h1-8,10H,9,11-14,18H2. The summed E-state index contributed by atoms with van der Waals surface area (Å²) >= 11 is 0. The molecule has 3 heteroatoms. The van der Waals surface area contributed by atoms with Crippen LogP contribution < -0.4 is 5.73 Å². The average molecular weight is 267 g/mol. The van der Waals surface area contributed by atoms with Crippen molar-refractivity contribution in [3.63, 3.8) is 0 Å². The van der Waals surface area contributed by atoms with Gasteiger partial charge in [-0.3, -0.25) is 9.88 Å². The normalized spacial score (nSPS) is 23.1.